The first-order valence-electron chi connectivity index (χ1n) is 6.22. The molecule has 19 heavy (non-hydrogen) atoms. The number of halogens is 1. The van der Waals surface area contributed by atoms with Crippen LogP contribution in [0.15, 0.2) is 16.7 Å². The van der Waals surface area contributed by atoms with Crippen molar-refractivity contribution >= 4 is 22.6 Å². The zero-order chi connectivity index (χ0) is 13.8. The van der Waals surface area contributed by atoms with Gasteiger partial charge in [0.05, 0.1) is 6.61 Å². The lowest BCUT2D eigenvalue weighted by Crippen LogP contribution is -2.01. The van der Waals surface area contributed by atoms with Gasteiger partial charge < -0.3 is 9.26 Å². The van der Waals surface area contributed by atoms with Gasteiger partial charge >= 0.3 is 0 Å². The van der Waals surface area contributed by atoms with Gasteiger partial charge in [0.15, 0.2) is 0 Å². The van der Waals surface area contributed by atoms with Crippen molar-refractivity contribution in [2.45, 2.75) is 27.2 Å². The van der Waals surface area contributed by atoms with Crippen molar-refractivity contribution in [1.29, 1.82) is 0 Å². The molecule has 1 aromatic carbocycles. The number of aryl methyl sites for hydroxylation is 3. The van der Waals surface area contributed by atoms with Crippen LogP contribution in [0, 0.1) is 20.8 Å². The summed E-state index contributed by atoms with van der Waals surface area (Å²) in [5.74, 6) is 2.17. The van der Waals surface area contributed by atoms with Crippen LogP contribution in [0.3, 0.4) is 0 Å². The highest BCUT2D eigenvalue weighted by atomic mass is 127. The smallest absolute Gasteiger partial charge is 0.223 e. The maximum atomic E-state index is 5.83. The first kappa shape index (κ1) is 14.3. The standard InChI is InChI=1S/C14H17IN2O2/c1-9-7-12(14-16-11(3)19-17-14)8-10(2)13(9)18-6-4-5-15/h7-8H,4-6H2,1-3H3. The fourth-order valence-electron chi connectivity index (χ4n) is 1.95. The molecule has 0 saturated heterocycles. The number of nitrogens with zero attached hydrogens (tertiary/aromatic N) is 2. The Morgan fingerprint density at radius 1 is 1.21 bits per heavy atom. The Hall–Kier alpha value is -1.11. The molecule has 0 radical (unpaired) electrons. The topological polar surface area (TPSA) is 48.2 Å². The molecular formula is C14H17IN2O2. The lowest BCUT2D eigenvalue weighted by Gasteiger charge is -2.12. The lowest BCUT2D eigenvalue weighted by molar-refractivity contribution is 0.315. The van der Waals surface area contributed by atoms with E-state index in [9.17, 15) is 0 Å². The molecule has 0 fully saturated rings. The van der Waals surface area contributed by atoms with Crippen molar-refractivity contribution in [2.75, 3.05) is 11.0 Å². The molecular weight excluding hydrogens is 355 g/mol. The van der Waals surface area contributed by atoms with Gasteiger partial charge in [0.25, 0.3) is 0 Å². The third-order valence-electron chi connectivity index (χ3n) is 2.77. The maximum absolute atomic E-state index is 5.83. The molecule has 0 aliphatic carbocycles. The van der Waals surface area contributed by atoms with E-state index in [0.717, 1.165) is 39.9 Å². The molecule has 2 aromatic rings. The van der Waals surface area contributed by atoms with Crippen molar-refractivity contribution in [2.24, 2.45) is 0 Å². The van der Waals surface area contributed by atoms with Crippen molar-refractivity contribution in [3.63, 3.8) is 0 Å². The number of hydrogen-bond acceptors (Lipinski definition) is 4. The maximum Gasteiger partial charge on any atom is 0.223 e. The first-order chi connectivity index (χ1) is 9.11. The van der Waals surface area contributed by atoms with Crippen LogP contribution in [0.5, 0.6) is 5.75 Å². The number of rotatable bonds is 5. The molecule has 1 aromatic heterocycles. The Bertz CT molecular complexity index is 543. The molecule has 1 heterocycles. The molecule has 0 aliphatic rings. The molecule has 102 valence electrons. The van der Waals surface area contributed by atoms with Gasteiger partial charge in [-0.05, 0) is 43.5 Å². The Morgan fingerprint density at radius 2 is 1.89 bits per heavy atom. The molecule has 0 aliphatic heterocycles. The summed E-state index contributed by atoms with van der Waals surface area (Å²) in [5, 5.41) is 3.95. The van der Waals surface area contributed by atoms with Gasteiger partial charge in [0, 0.05) is 16.9 Å². The summed E-state index contributed by atoms with van der Waals surface area (Å²) >= 11 is 2.36. The molecule has 0 spiro atoms. The van der Waals surface area contributed by atoms with Crippen molar-refractivity contribution in [3.8, 4) is 17.1 Å². The number of hydrogen-bond donors (Lipinski definition) is 0. The van der Waals surface area contributed by atoms with Crippen LogP contribution in [0.25, 0.3) is 11.4 Å². The molecule has 2 rings (SSSR count). The summed E-state index contributed by atoms with van der Waals surface area (Å²) in [6, 6.07) is 4.08. The Balaban J connectivity index is 2.26. The second kappa shape index (κ2) is 6.36. The van der Waals surface area contributed by atoms with Gasteiger partial charge in [-0.2, -0.15) is 4.98 Å². The van der Waals surface area contributed by atoms with Crippen LogP contribution in [0.1, 0.15) is 23.4 Å². The molecule has 0 bridgehead atoms. The number of ether oxygens (including phenoxy) is 1. The van der Waals surface area contributed by atoms with Gasteiger partial charge in [-0.1, -0.05) is 27.7 Å². The highest BCUT2D eigenvalue weighted by Crippen LogP contribution is 2.29. The average Bonchev–Trinajstić information content (AvgIpc) is 2.79. The minimum absolute atomic E-state index is 0.577. The van der Waals surface area contributed by atoms with Crippen molar-refractivity contribution in [3.05, 3.63) is 29.2 Å². The molecule has 4 nitrogen and oxygen atoms in total. The van der Waals surface area contributed by atoms with E-state index in [1.165, 1.54) is 0 Å². The predicted octanol–water partition coefficient (Wildman–Crippen LogP) is 3.87. The number of benzene rings is 1. The zero-order valence-corrected chi connectivity index (χ0v) is 13.5. The highest BCUT2D eigenvalue weighted by Gasteiger charge is 2.11. The second-order valence-electron chi connectivity index (χ2n) is 4.47. The van der Waals surface area contributed by atoms with Gasteiger partial charge in [-0.3, -0.25) is 0 Å². The quantitative estimate of drug-likeness (QED) is 0.454. The molecule has 0 atom stereocenters. The Labute approximate surface area is 126 Å². The van der Waals surface area contributed by atoms with Crippen LogP contribution in [-0.2, 0) is 0 Å². The predicted molar refractivity (Wildman–Crippen MR) is 82.9 cm³/mol. The normalized spacial score (nSPS) is 10.7. The van der Waals surface area contributed by atoms with Crippen LogP contribution < -0.4 is 4.74 Å². The van der Waals surface area contributed by atoms with E-state index in [2.05, 4.69) is 32.7 Å². The van der Waals surface area contributed by atoms with Crippen molar-refractivity contribution < 1.29 is 9.26 Å². The number of aromatic nitrogens is 2. The van der Waals surface area contributed by atoms with E-state index in [1.54, 1.807) is 6.92 Å². The van der Waals surface area contributed by atoms with Crippen LogP contribution in [0.2, 0.25) is 0 Å². The summed E-state index contributed by atoms with van der Waals surface area (Å²) in [6.45, 7) is 6.63. The summed E-state index contributed by atoms with van der Waals surface area (Å²) in [6.07, 6.45) is 1.06. The lowest BCUT2D eigenvalue weighted by atomic mass is 10.1. The van der Waals surface area contributed by atoms with E-state index < -0.39 is 0 Å². The largest absolute Gasteiger partial charge is 0.493 e. The monoisotopic (exact) mass is 372 g/mol. The van der Waals surface area contributed by atoms with Gasteiger partial charge in [0.2, 0.25) is 11.7 Å². The van der Waals surface area contributed by atoms with Gasteiger partial charge in [0.1, 0.15) is 5.75 Å². The third-order valence-corrected chi connectivity index (χ3v) is 3.53. The molecule has 0 unspecified atom stereocenters. The fraction of sp³-hybridized carbons (Fsp3) is 0.429. The highest BCUT2D eigenvalue weighted by molar-refractivity contribution is 14.1. The van der Waals surface area contributed by atoms with Crippen molar-refractivity contribution in [1.82, 2.24) is 10.1 Å². The fourth-order valence-corrected chi connectivity index (χ4v) is 2.26. The van der Waals surface area contributed by atoms with Crippen LogP contribution >= 0.6 is 22.6 Å². The summed E-state index contributed by atoms with van der Waals surface area (Å²) in [4.78, 5) is 4.25. The van der Waals surface area contributed by atoms with Crippen LogP contribution in [0.4, 0.5) is 0 Å². The zero-order valence-electron chi connectivity index (χ0n) is 11.4. The summed E-state index contributed by atoms with van der Waals surface area (Å²) in [7, 11) is 0. The van der Waals surface area contributed by atoms with Crippen LogP contribution in [-0.4, -0.2) is 21.2 Å². The van der Waals surface area contributed by atoms with E-state index in [4.69, 9.17) is 9.26 Å². The third kappa shape index (κ3) is 3.46. The van der Waals surface area contributed by atoms with E-state index in [-0.39, 0.29) is 0 Å². The number of alkyl halides is 1. The van der Waals surface area contributed by atoms with Gasteiger partial charge in [-0.15, -0.1) is 0 Å². The molecule has 0 N–H and O–H groups in total. The van der Waals surface area contributed by atoms with Gasteiger partial charge in [-0.25, -0.2) is 0 Å². The Morgan fingerprint density at radius 3 is 2.42 bits per heavy atom. The molecule has 0 amide bonds. The second-order valence-corrected chi connectivity index (χ2v) is 5.55. The summed E-state index contributed by atoms with van der Waals surface area (Å²) < 4.78 is 12.0. The Kier molecular flexibility index (Phi) is 4.79. The first-order valence-corrected chi connectivity index (χ1v) is 7.75. The molecule has 0 saturated carbocycles. The SMILES string of the molecule is Cc1nc(-c2cc(C)c(OCCCI)c(C)c2)no1. The van der Waals surface area contributed by atoms with E-state index in [0.29, 0.717) is 11.7 Å². The molecule has 5 heteroatoms. The average molecular weight is 372 g/mol. The summed E-state index contributed by atoms with van der Waals surface area (Å²) in [5.41, 5.74) is 3.17. The van der Waals surface area contributed by atoms with E-state index >= 15 is 0 Å². The minimum Gasteiger partial charge on any atom is -0.493 e. The minimum atomic E-state index is 0.577. The van der Waals surface area contributed by atoms with E-state index in [1.807, 2.05) is 26.0 Å².